The third-order valence-corrected chi connectivity index (χ3v) is 6.54. The Hall–Kier alpha value is -2.30. The van der Waals surface area contributed by atoms with Crippen molar-refractivity contribution in [1.29, 1.82) is 0 Å². The lowest BCUT2D eigenvalue weighted by Crippen LogP contribution is -2.14. The van der Waals surface area contributed by atoms with Crippen LogP contribution >= 0.6 is 23.5 Å². The standard InChI is InChI=1S/C23H20O2S2/c24-20(15-8-7-12-18-10-3-1-4-11-18)21(23-26-16-9-17-27-23)22(25)19-13-5-2-6-14-19/h1-8,10-15H,9,16-17H2/b12-7+,15-8+. The number of thioether (sulfide) groups is 2. The third kappa shape index (κ3) is 5.59. The van der Waals surface area contributed by atoms with E-state index in [-0.39, 0.29) is 11.6 Å². The summed E-state index contributed by atoms with van der Waals surface area (Å²) < 4.78 is 0.844. The zero-order chi connectivity index (χ0) is 18.9. The summed E-state index contributed by atoms with van der Waals surface area (Å²) in [5.74, 6) is 1.45. The van der Waals surface area contributed by atoms with E-state index in [9.17, 15) is 9.59 Å². The van der Waals surface area contributed by atoms with Gasteiger partial charge in [-0.2, -0.15) is 0 Å². The number of allylic oxidation sites excluding steroid dienone is 4. The normalized spacial score (nSPS) is 14.6. The minimum atomic E-state index is -0.238. The van der Waals surface area contributed by atoms with Crippen LogP contribution < -0.4 is 0 Å². The number of Topliss-reactive ketones (excluding diaryl/α,β-unsaturated/α-hetero) is 1. The highest BCUT2D eigenvalue weighted by atomic mass is 32.2. The summed E-state index contributed by atoms with van der Waals surface area (Å²) in [5.41, 5.74) is 1.90. The van der Waals surface area contributed by atoms with Crippen molar-refractivity contribution in [2.75, 3.05) is 11.5 Å². The quantitative estimate of drug-likeness (QED) is 0.205. The molecule has 1 aliphatic rings. The molecule has 0 atom stereocenters. The summed E-state index contributed by atoms with van der Waals surface area (Å²) in [5, 5.41) is 0. The molecule has 0 amide bonds. The molecule has 2 aromatic carbocycles. The molecule has 4 heteroatoms. The van der Waals surface area contributed by atoms with Gasteiger partial charge in [0.1, 0.15) is 0 Å². The molecule has 27 heavy (non-hydrogen) atoms. The second kappa shape index (κ2) is 10.1. The molecule has 1 fully saturated rings. The largest absolute Gasteiger partial charge is 0.289 e. The maximum absolute atomic E-state index is 13.0. The van der Waals surface area contributed by atoms with Crippen molar-refractivity contribution in [3.05, 3.63) is 99.8 Å². The predicted molar refractivity (Wildman–Crippen MR) is 117 cm³/mol. The number of ketones is 2. The van der Waals surface area contributed by atoms with Crippen LogP contribution in [0, 0.1) is 0 Å². The van der Waals surface area contributed by atoms with Gasteiger partial charge in [0.25, 0.3) is 0 Å². The number of carbonyl (C=O) groups is 2. The average Bonchev–Trinajstić information content (AvgIpc) is 2.73. The van der Waals surface area contributed by atoms with E-state index >= 15 is 0 Å². The first-order chi connectivity index (χ1) is 13.3. The van der Waals surface area contributed by atoms with E-state index in [0.717, 1.165) is 27.7 Å². The zero-order valence-corrected chi connectivity index (χ0v) is 16.5. The Labute approximate surface area is 168 Å². The molecule has 0 aliphatic carbocycles. The first-order valence-electron chi connectivity index (χ1n) is 8.79. The van der Waals surface area contributed by atoms with Gasteiger partial charge in [-0.3, -0.25) is 9.59 Å². The van der Waals surface area contributed by atoms with Crippen LogP contribution in [-0.4, -0.2) is 23.1 Å². The Bertz CT molecular complexity index is 873. The molecule has 0 bridgehead atoms. The van der Waals surface area contributed by atoms with E-state index in [4.69, 9.17) is 0 Å². The zero-order valence-electron chi connectivity index (χ0n) is 14.8. The number of hydrogen-bond donors (Lipinski definition) is 0. The fraction of sp³-hybridized carbons (Fsp3) is 0.130. The summed E-state index contributed by atoms with van der Waals surface area (Å²) in [7, 11) is 0. The van der Waals surface area contributed by atoms with Crippen LogP contribution in [0.4, 0.5) is 0 Å². The van der Waals surface area contributed by atoms with Gasteiger partial charge in [0.05, 0.1) is 9.81 Å². The average molecular weight is 393 g/mol. The van der Waals surface area contributed by atoms with Gasteiger partial charge in [0.2, 0.25) is 0 Å². The van der Waals surface area contributed by atoms with Gasteiger partial charge in [-0.25, -0.2) is 0 Å². The number of rotatable bonds is 6. The number of hydrogen-bond acceptors (Lipinski definition) is 4. The molecule has 2 aromatic rings. The number of benzene rings is 2. The second-order valence-corrected chi connectivity index (χ2v) is 8.37. The Morgan fingerprint density at radius 1 is 0.815 bits per heavy atom. The lowest BCUT2D eigenvalue weighted by atomic mass is 10.0. The van der Waals surface area contributed by atoms with E-state index in [2.05, 4.69) is 0 Å². The van der Waals surface area contributed by atoms with Gasteiger partial charge >= 0.3 is 0 Å². The lowest BCUT2D eigenvalue weighted by Gasteiger charge is -2.16. The molecule has 0 saturated carbocycles. The van der Waals surface area contributed by atoms with Crippen LogP contribution in [0.15, 0.2) is 88.7 Å². The van der Waals surface area contributed by atoms with Crippen molar-refractivity contribution in [3.8, 4) is 0 Å². The van der Waals surface area contributed by atoms with Gasteiger partial charge < -0.3 is 0 Å². The fourth-order valence-corrected chi connectivity index (χ4v) is 5.21. The predicted octanol–water partition coefficient (Wildman–Crippen LogP) is 5.79. The van der Waals surface area contributed by atoms with Gasteiger partial charge in [0.15, 0.2) is 11.6 Å². The Balaban J connectivity index is 1.82. The fourth-order valence-electron chi connectivity index (χ4n) is 2.57. The van der Waals surface area contributed by atoms with Gasteiger partial charge in [-0.05, 0) is 29.6 Å². The molecule has 2 nitrogen and oxygen atoms in total. The first-order valence-corrected chi connectivity index (χ1v) is 10.8. The monoisotopic (exact) mass is 392 g/mol. The van der Waals surface area contributed by atoms with Crippen molar-refractivity contribution in [2.24, 2.45) is 0 Å². The summed E-state index contributed by atoms with van der Waals surface area (Å²) in [6, 6.07) is 18.9. The van der Waals surface area contributed by atoms with E-state index in [1.54, 1.807) is 41.7 Å². The summed E-state index contributed by atoms with van der Waals surface area (Å²) in [4.78, 5) is 25.8. The van der Waals surface area contributed by atoms with Crippen molar-refractivity contribution >= 4 is 41.2 Å². The van der Waals surface area contributed by atoms with Crippen molar-refractivity contribution in [1.82, 2.24) is 0 Å². The molecule has 1 heterocycles. The van der Waals surface area contributed by atoms with Crippen LogP contribution in [0.5, 0.6) is 0 Å². The van der Waals surface area contributed by atoms with E-state index < -0.39 is 0 Å². The van der Waals surface area contributed by atoms with E-state index in [0.29, 0.717) is 11.1 Å². The molecular formula is C23H20O2S2. The smallest absolute Gasteiger partial charge is 0.198 e. The Morgan fingerprint density at radius 3 is 2.11 bits per heavy atom. The van der Waals surface area contributed by atoms with Crippen molar-refractivity contribution in [2.45, 2.75) is 6.42 Å². The highest BCUT2D eigenvalue weighted by Crippen LogP contribution is 2.38. The minimum absolute atomic E-state index is 0.200. The third-order valence-electron chi connectivity index (χ3n) is 3.92. The second-order valence-electron chi connectivity index (χ2n) is 5.90. The summed E-state index contributed by atoms with van der Waals surface area (Å²) in [6.07, 6.45) is 8.03. The number of carbonyl (C=O) groups excluding carboxylic acids is 2. The Morgan fingerprint density at radius 2 is 1.44 bits per heavy atom. The summed E-state index contributed by atoms with van der Waals surface area (Å²) in [6.45, 7) is 0. The Kier molecular flexibility index (Phi) is 7.31. The van der Waals surface area contributed by atoms with Crippen LogP contribution in [0.1, 0.15) is 22.3 Å². The summed E-state index contributed by atoms with van der Waals surface area (Å²) >= 11 is 3.22. The molecular weight excluding hydrogens is 372 g/mol. The maximum atomic E-state index is 13.0. The molecule has 136 valence electrons. The van der Waals surface area contributed by atoms with Crippen molar-refractivity contribution < 1.29 is 9.59 Å². The van der Waals surface area contributed by atoms with E-state index in [1.807, 2.05) is 60.7 Å². The molecule has 0 spiro atoms. The van der Waals surface area contributed by atoms with Crippen LogP contribution in [0.3, 0.4) is 0 Å². The SMILES string of the molecule is O=C(/C=C/C=C/c1ccccc1)C(C(=O)c1ccccc1)=C1SCCCS1. The highest BCUT2D eigenvalue weighted by molar-refractivity contribution is 8.22. The topological polar surface area (TPSA) is 34.1 Å². The van der Waals surface area contributed by atoms with Gasteiger partial charge in [-0.15, -0.1) is 23.5 Å². The molecule has 0 unspecified atom stereocenters. The minimum Gasteiger partial charge on any atom is -0.289 e. The van der Waals surface area contributed by atoms with Crippen LogP contribution in [0.2, 0.25) is 0 Å². The molecule has 1 saturated heterocycles. The molecule has 0 aromatic heterocycles. The highest BCUT2D eigenvalue weighted by Gasteiger charge is 2.24. The van der Waals surface area contributed by atoms with Crippen LogP contribution in [-0.2, 0) is 4.79 Å². The molecule has 0 N–H and O–H groups in total. The van der Waals surface area contributed by atoms with Gasteiger partial charge in [-0.1, -0.05) is 78.9 Å². The first kappa shape index (κ1) is 19.5. The lowest BCUT2D eigenvalue weighted by molar-refractivity contribution is -0.111. The van der Waals surface area contributed by atoms with Gasteiger partial charge in [0, 0.05) is 5.56 Å². The maximum Gasteiger partial charge on any atom is 0.198 e. The molecule has 0 radical (unpaired) electrons. The molecule has 1 aliphatic heterocycles. The van der Waals surface area contributed by atoms with Crippen molar-refractivity contribution in [3.63, 3.8) is 0 Å². The molecule has 3 rings (SSSR count). The van der Waals surface area contributed by atoms with Crippen LogP contribution in [0.25, 0.3) is 6.08 Å². The van der Waals surface area contributed by atoms with E-state index in [1.165, 1.54) is 6.08 Å².